The summed E-state index contributed by atoms with van der Waals surface area (Å²) in [7, 11) is 0. The molecule has 10 nitrogen and oxygen atoms in total. The summed E-state index contributed by atoms with van der Waals surface area (Å²) < 4.78 is 1.89. The molecule has 0 unspecified atom stereocenters. The second kappa shape index (κ2) is 10.4. The fourth-order valence-electron chi connectivity index (χ4n) is 5.06. The van der Waals surface area contributed by atoms with Crippen molar-refractivity contribution in [1.82, 2.24) is 29.7 Å². The lowest BCUT2D eigenvalue weighted by Gasteiger charge is -2.38. The number of nitrogens with one attached hydrogen (secondary N) is 2. The Morgan fingerprint density at radius 3 is 2.35 bits per heavy atom. The van der Waals surface area contributed by atoms with Crippen molar-refractivity contribution in [2.75, 3.05) is 42.9 Å². The van der Waals surface area contributed by atoms with Gasteiger partial charge in [-0.1, -0.05) is 0 Å². The summed E-state index contributed by atoms with van der Waals surface area (Å²) in [6, 6.07) is 6.10. The number of primary amides is 1. The number of H-pyrrole nitrogens is 1. The first-order valence-corrected chi connectivity index (χ1v) is 12.5. The molecule has 1 saturated carbocycles. The van der Waals surface area contributed by atoms with Crippen molar-refractivity contribution in [3.05, 3.63) is 30.1 Å². The highest BCUT2D eigenvalue weighted by Gasteiger charge is 2.26. The summed E-state index contributed by atoms with van der Waals surface area (Å²) in [6.45, 7) is 6.24. The van der Waals surface area contributed by atoms with Crippen LogP contribution in [0.4, 0.5) is 17.6 Å². The van der Waals surface area contributed by atoms with Gasteiger partial charge in [0.1, 0.15) is 5.52 Å². The van der Waals surface area contributed by atoms with Gasteiger partial charge in [-0.05, 0) is 82.6 Å². The number of nitrogens with two attached hydrogens (primary N) is 1. The van der Waals surface area contributed by atoms with Crippen LogP contribution in [-0.2, 0) is 4.79 Å². The Balaban J connectivity index is 0.000000181. The molecule has 34 heavy (non-hydrogen) atoms. The summed E-state index contributed by atoms with van der Waals surface area (Å²) in [4.78, 5) is 18.2. The number of aromatic amines is 1. The smallest absolute Gasteiger partial charge is 0.245 e. The Hall–Kier alpha value is -3.14. The second-order valence-electron chi connectivity index (χ2n) is 9.61. The third-order valence-corrected chi connectivity index (χ3v) is 7.19. The maximum atomic E-state index is 8.58. The van der Waals surface area contributed by atoms with Crippen LogP contribution in [0.1, 0.15) is 56.6 Å². The number of carbonyl (C=O) groups is 1. The first-order valence-electron chi connectivity index (χ1n) is 12.5. The third kappa shape index (κ3) is 5.32. The molecular weight excluding hydrogens is 430 g/mol. The van der Waals surface area contributed by atoms with Gasteiger partial charge < -0.3 is 20.9 Å². The molecule has 4 N–H and O–H groups in total. The van der Waals surface area contributed by atoms with Crippen LogP contribution in [0, 0.1) is 5.92 Å². The molecule has 5 fully saturated rings. The molecule has 10 heteroatoms. The van der Waals surface area contributed by atoms with E-state index in [4.69, 9.17) is 9.78 Å². The maximum absolute atomic E-state index is 8.58. The molecule has 3 aromatic heterocycles. The molecular formula is C24H35N9O. The zero-order chi connectivity index (χ0) is 23.3. The lowest BCUT2D eigenvalue weighted by molar-refractivity contribution is -0.106. The Morgan fingerprint density at radius 2 is 1.76 bits per heavy atom. The Labute approximate surface area is 199 Å². The predicted octanol–water partition coefficient (Wildman–Crippen LogP) is 2.88. The lowest BCUT2D eigenvalue weighted by atomic mass is 9.89. The molecule has 4 aliphatic heterocycles. The Morgan fingerprint density at radius 1 is 1.06 bits per heavy atom. The van der Waals surface area contributed by atoms with Gasteiger partial charge in [0.15, 0.2) is 11.6 Å². The second-order valence-corrected chi connectivity index (χ2v) is 9.61. The van der Waals surface area contributed by atoms with Crippen LogP contribution in [0.5, 0.6) is 0 Å². The van der Waals surface area contributed by atoms with Gasteiger partial charge in [-0.2, -0.15) is 10.1 Å². The van der Waals surface area contributed by atoms with E-state index >= 15 is 0 Å². The zero-order valence-electron chi connectivity index (χ0n) is 19.7. The minimum absolute atomic E-state index is 0.250. The normalized spacial score (nSPS) is 23.1. The van der Waals surface area contributed by atoms with E-state index in [-0.39, 0.29) is 6.41 Å². The van der Waals surface area contributed by atoms with Crippen molar-refractivity contribution in [3.8, 4) is 0 Å². The van der Waals surface area contributed by atoms with E-state index < -0.39 is 0 Å². The average Bonchev–Trinajstić information content (AvgIpc) is 3.25. The van der Waals surface area contributed by atoms with Crippen LogP contribution in [0.2, 0.25) is 0 Å². The summed E-state index contributed by atoms with van der Waals surface area (Å²) in [5, 5.41) is 15.5. The molecule has 8 rings (SSSR count). The average molecular weight is 466 g/mol. The van der Waals surface area contributed by atoms with Crippen LogP contribution >= 0.6 is 0 Å². The van der Waals surface area contributed by atoms with Gasteiger partial charge in [0, 0.05) is 37.0 Å². The molecule has 5 aliphatic rings. The molecule has 4 saturated heterocycles. The van der Waals surface area contributed by atoms with Crippen molar-refractivity contribution in [3.63, 3.8) is 0 Å². The summed E-state index contributed by atoms with van der Waals surface area (Å²) in [5.41, 5.74) is 6.34. The molecule has 182 valence electrons. The van der Waals surface area contributed by atoms with Crippen LogP contribution in [0.15, 0.2) is 24.4 Å². The standard InChI is InChI=1S/C16H19N7.C7H13N.CH3NO/c1-2-8-22(7-1)16-18-15(13-4-3-9-23(13)21-16)17-14-10-12(19-20-14)11-5-6-11;1-4-8-5-2-7(1)3-6-8;2-1-3/h3-4,9-11H,1-2,5-8H2,(H2,17,18,19,20,21);7H,1-6H2;1H,(H2,2,3). The van der Waals surface area contributed by atoms with E-state index in [1.165, 1.54) is 70.3 Å². The molecule has 1 amide bonds. The van der Waals surface area contributed by atoms with Crippen LogP contribution in [-0.4, -0.2) is 68.8 Å². The van der Waals surface area contributed by atoms with Crippen molar-refractivity contribution in [1.29, 1.82) is 0 Å². The maximum Gasteiger partial charge on any atom is 0.245 e. The molecule has 3 aromatic rings. The number of hydrogen-bond donors (Lipinski definition) is 3. The number of anilines is 3. The van der Waals surface area contributed by atoms with Gasteiger partial charge in [-0.25, -0.2) is 4.52 Å². The zero-order valence-corrected chi connectivity index (χ0v) is 19.7. The number of hydrogen-bond acceptors (Lipinski definition) is 7. The molecule has 0 radical (unpaired) electrons. The van der Waals surface area contributed by atoms with E-state index in [0.29, 0.717) is 5.92 Å². The molecule has 0 atom stereocenters. The van der Waals surface area contributed by atoms with Crippen LogP contribution < -0.4 is 16.0 Å². The Bertz CT molecular complexity index is 1050. The number of nitrogens with zero attached hydrogens (tertiary/aromatic N) is 6. The monoisotopic (exact) mass is 465 g/mol. The number of amides is 1. The number of piperidine rings is 3. The number of rotatable bonds is 4. The summed E-state index contributed by atoms with van der Waals surface area (Å²) >= 11 is 0. The molecule has 2 bridgehead atoms. The molecule has 7 heterocycles. The SMILES string of the molecule is C1CN2CCC1CC2.NC=O.c1cc2c(Nc3cc(C4CC4)[nH]n3)nc(N3CCCC3)nn2c1. The van der Waals surface area contributed by atoms with Gasteiger partial charge in [0.2, 0.25) is 12.4 Å². The van der Waals surface area contributed by atoms with E-state index in [1.54, 1.807) is 0 Å². The minimum Gasteiger partial charge on any atom is -0.372 e. The van der Waals surface area contributed by atoms with E-state index in [2.05, 4.69) is 42.2 Å². The molecule has 0 spiro atoms. The van der Waals surface area contributed by atoms with Gasteiger partial charge in [0.05, 0.1) is 0 Å². The van der Waals surface area contributed by atoms with Gasteiger partial charge in [-0.3, -0.25) is 9.89 Å². The number of fused-ring (bicyclic) bond motifs is 4. The number of carbonyl (C=O) groups excluding carboxylic acids is 1. The van der Waals surface area contributed by atoms with Crippen LogP contribution in [0.25, 0.3) is 5.52 Å². The van der Waals surface area contributed by atoms with Crippen molar-refractivity contribution in [2.45, 2.75) is 50.9 Å². The first-order chi connectivity index (χ1) is 16.7. The highest BCUT2D eigenvalue weighted by atomic mass is 16.1. The highest BCUT2D eigenvalue weighted by molar-refractivity contribution is 5.73. The lowest BCUT2D eigenvalue weighted by Crippen LogP contribution is -2.41. The fourth-order valence-corrected chi connectivity index (χ4v) is 5.06. The van der Waals surface area contributed by atoms with E-state index in [9.17, 15) is 0 Å². The summed E-state index contributed by atoms with van der Waals surface area (Å²) in [5.74, 6) is 4.19. The summed E-state index contributed by atoms with van der Waals surface area (Å²) in [6.07, 6.45) is 11.6. The van der Waals surface area contributed by atoms with Gasteiger partial charge in [0.25, 0.3) is 0 Å². The molecule has 1 aliphatic carbocycles. The van der Waals surface area contributed by atoms with Gasteiger partial charge >= 0.3 is 0 Å². The third-order valence-electron chi connectivity index (χ3n) is 7.19. The minimum atomic E-state index is 0.250. The Kier molecular flexibility index (Phi) is 6.94. The fraction of sp³-hybridized carbons (Fsp3) is 0.583. The van der Waals surface area contributed by atoms with E-state index in [1.807, 2.05) is 22.8 Å². The highest BCUT2D eigenvalue weighted by Crippen LogP contribution is 2.39. The van der Waals surface area contributed by atoms with Crippen molar-refractivity contribution >= 4 is 29.5 Å². The van der Waals surface area contributed by atoms with Crippen LogP contribution in [0.3, 0.4) is 0 Å². The van der Waals surface area contributed by atoms with Crippen molar-refractivity contribution < 1.29 is 4.79 Å². The molecule has 0 aromatic carbocycles. The predicted molar refractivity (Wildman–Crippen MR) is 132 cm³/mol. The topological polar surface area (TPSA) is 120 Å². The quantitative estimate of drug-likeness (QED) is 0.507. The van der Waals surface area contributed by atoms with E-state index in [0.717, 1.165) is 42.1 Å². The number of aromatic nitrogens is 5. The first kappa shape index (κ1) is 22.6. The largest absolute Gasteiger partial charge is 0.372 e. The van der Waals surface area contributed by atoms with Crippen molar-refractivity contribution in [2.24, 2.45) is 11.7 Å². The van der Waals surface area contributed by atoms with Gasteiger partial charge in [-0.15, -0.1) is 5.10 Å².